The zero-order valence-corrected chi connectivity index (χ0v) is 15.3. The van der Waals surface area contributed by atoms with Gasteiger partial charge in [0.2, 0.25) is 0 Å². The maximum absolute atomic E-state index is 12.3. The second-order valence-electron chi connectivity index (χ2n) is 5.98. The molecule has 1 N–H and O–H groups in total. The molecule has 3 rings (SSSR count). The first-order chi connectivity index (χ1) is 12.4. The fraction of sp³-hybridized carbons (Fsp3) is 0.211. The van der Waals surface area contributed by atoms with Gasteiger partial charge in [0, 0.05) is 23.0 Å². The molecule has 0 aliphatic heterocycles. The van der Waals surface area contributed by atoms with Gasteiger partial charge >= 0.3 is 6.09 Å². The minimum atomic E-state index is -0.538. The van der Waals surface area contributed by atoms with Gasteiger partial charge in [0.25, 0.3) is 0 Å². The van der Waals surface area contributed by atoms with Crippen LogP contribution in [0.3, 0.4) is 0 Å². The molecule has 132 valence electrons. The standard InChI is InChI=1S/C19H17ClN4O2/c1-11(2)26-19(25)24-17-7-5-13(9-15(17)18(22-3)23-24)14-8-12(10-21)4-6-16(14)20/h4-9,11H,1-3H3,(H,22,23). The van der Waals surface area contributed by atoms with E-state index in [1.807, 2.05) is 12.1 Å². The molecule has 0 bridgehead atoms. The molecule has 6 nitrogen and oxygen atoms in total. The van der Waals surface area contributed by atoms with Crippen molar-refractivity contribution in [3.05, 3.63) is 47.0 Å². The van der Waals surface area contributed by atoms with E-state index in [1.165, 1.54) is 4.68 Å². The fourth-order valence-corrected chi connectivity index (χ4v) is 2.90. The summed E-state index contributed by atoms with van der Waals surface area (Å²) in [7, 11) is 1.73. The van der Waals surface area contributed by atoms with Gasteiger partial charge in [-0.3, -0.25) is 0 Å². The van der Waals surface area contributed by atoms with Gasteiger partial charge in [-0.25, -0.2) is 4.79 Å². The van der Waals surface area contributed by atoms with Gasteiger partial charge in [0.05, 0.1) is 23.3 Å². The number of hydrogen-bond acceptors (Lipinski definition) is 5. The molecule has 7 heteroatoms. The van der Waals surface area contributed by atoms with E-state index in [9.17, 15) is 4.79 Å². The normalized spacial score (nSPS) is 10.8. The number of ether oxygens (including phenoxy) is 1. The van der Waals surface area contributed by atoms with Crippen molar-refractivity contribution in [2.75, 3.05) is 12.4 Å². The lowest BCUT2D eigenvalue weighted by Gasteiger charge is -2.08. The van der Waals surface area contributed by atoms with E-state index in [1.54, 1.807) is 45.2 Å². The van der Waals surface area contributed by atoms with Gasteiger partial charge in [-0.1, -0.05) is 17.7 Å². The molecular weight excluding hydrogens is 352 g/mol. The number of benzene rings is 2. The summed E-state index contributed by atoms with van der Waals surface area (Å²) in [6.07, 6.45) is -0.782. The van der Waals surface area contributed by atoms with Gasteiger partial charge in [0.15, 0.2) is 5.82 Å². The third-order valence-electron chi connectivity index (χ3n) is 3.83. The molecular formula is C19H17ClN4O2. The van der Waals surface area contributed by atoms with Gasteiger partial charge < -0.3 is 10.1 Å². The summed E-state index contributed by atoms with van der Waals surface area (Å²) in [6.45, 7) is 3.57. The molecule has 0 amide bonds. The SMILES string of the molecule is CNc1nn(C(=O)OC(C)C)c2ccc(-c3cc(C#N)ccc3Cl)cc12. The number of carbonyl (C=O) groups excluding carboxylic acids is 1. The van der Waals surface area contributed by atoms with Crippen LogP contribution in [-0.4, -0.2) is 29.0 Å². The Morgan fingerprint density at radius 3 is 2.73 bits per heavy atom. The molecule has 1 heterocycles. The van der Waals surface area contributed by atoms with Crippen molar-refractivity contribution in [1.82, 2.24) is 9.78 Å². The number of nitrogens with one attached hydrogen (secondary N) is 1. The Bertz CT molecular complexity index is 1030. The number of fused-ring (bicyclic) bond motifs is 1. The van der Waals surface area contributed by atoms with Crippen molar-refractivity contribution >= 4 is 34.4 Å². The monoisotopic (exact) mass is 368 g/mol. The first-order valence-electron chi connectivity index (χ1n) is 8.06. The topological polar surface area (TPSA) is 79.9 Å². The Morgan fingerprint density at radius 1 is 1.31 bits per heavy atom. The van der Waals surface area contributed by atoms with E-state index >= 15 is 0 Å². The van der Waals surface area contributed by atoms with Crippen molar-refractivity contribution in [2.45, 2.75) is 20.0 Å². The summed E-state index contributed by atoms with van der Waals surface area (Å²) < 4.78 is 6.48. The van der Waals surface area contributed by atoms with Crippen molar-refractivity contribution in [1.29, 1.82) is 5.26 Å². The van der Waals surface area contributed by atoms with Gasteiger partial charge in [-0.2, -0.15) is 9.94 Å². The van der Waals surface area contributed by atoms with Crippen LogP contribution in [0.2, 0.25) is 5.02 Å². The number of anilines is 1. The van der Waals surface area contributed by atoms with E-state index < -0.39 is 6.09 Å². The van der Waals surface area contributed by atoms with Crippen LogP contribution in [-0.2, 0) is 4.74 Å². The van der Waals surface area contributed by atoms with Crippen LogP contribution in [0.15, 0.2) is 36.4 Å². The predicted octanol–water partition coefficient (Wildman–Crippen LogP) is 4.66. The number of hydrogen-bond donors (Lipinski definition) is 1. The molecule has 2 aromatic carbocycles. The van der Waals surface area contributed by atoms with Crippen molar-refractivity contribution in [3.63, 3.8) is 0 Å². The Hall–Kier alpha value is -3.04. The van der Waals surface area contributed by atoms with Crippen LogP contribution >= 0.6 is 11.6 Å². The summed E-state index contributed by atoms with van der Waals surface area (Å²) >= 11 is 6.31. The van der Waals surface area contributed by atoms with Crippen molar-refractivity contribution in [3.8, 4) is 17.2 Å². The zero-order valence-electron chi connectivity index (χ0n) is 14.6. The predicted molar refractivity (Wildman–Crippen MR) is 101 cm³/mol. The third kappa shape index (κ3) is 3.22. The maximum atomic E-state index is 12.3. The van der Waals surface area contributed by atoms with Crippen LogP contribution in [0.25, 0.3) is 22.0 Å². The number of aromatic nitrogens is 2. The molecule has 1 aromatic heterocycles. The Labute approximate surface area is 155 Å². The highest BCUT2D eigenvalue weighted by molar-refractivity contribution is 6.33. The van der Waals surface area contributed by atoms with E-state index in [-0.39, 0.29) is 6.10 Å². The Kier molecular flexibility index (Phi) is 4.83. The second kappa shape index (κ2) is 7.06. The Morgan fingerprint density at radius 2 is 2.08 bits per heavy atom. The largest absolute Gasteiger partial charge is 0.445 e. The number of nitriles is 1. The summed E-state index contributed by atoms with van der Waals surface area (Å²) in [5.74, 6) is 0.551. The fourth-order valence-electron chi connectivity index (χ4n) is 2.68. The molecule has 0 saturated heterocycles. The van der Waals surface area contributed by atoms with Crippen LogP contribution in [0.4, 0.5) is 10.6 Å². The van der Waals surface area contributed by atoms with E-state index in [4.69, 9.17) is 21.6 Å². The average molecular weight is 369 g/mol. The van der Waals surface area contributed by atoms with Crippen molar-refractivity contribution < 1.29 is 9.53 Å². The van der Waals surface area contributed by atoms with Crippen LogP contribution in [0.1, 0.15) is 19.4 Å². The molecule has 0 fully saturated rings. The van der Waals surface area contributed by atoms with Crippen LogP contribution in [0, 0.1) is 11.3 Å². The first-order valence-corrected chi connectivity index (χ1v) is 8.44. The molecule has 0 radical (unpaired) electrons. The van der Waals surface area contributed by atoms with E-state index in [2.05, 4.69) is 16.5 Å². The third-order valence-corrected chi connectivity index (χ3v) is 4.16. The molecule has 0 aliphatic carbocycles. The molecule has 0 spiro atoms. The Balaban J connectivity index is 2.15. The highest BCUT2D eigenvalue weighted by Gasteiger charge is 2.18. The number of rotatable bonds is 3. The second-order valence-corrected chi connectivity index (χ2v) is 6.39. The number of nitrogens with zero attached hydrogens (tertiary/aromatic N) is 3. The molecule has 0 aliphatic rings. The summed E-state index contributed by atoms with van der Waals surface area (Å²) in [6, 6.07) is 12.7. The lowest BCUT2D eigenvalue weighted by molar-refractivity contribution is 0.115. The van der Waals surface area contributed by atoms with E-state index in [0.717, 1.165) is 16.5 Å². The maximum Gasteiger partial charge on any atom is 0.435 e. The minimum Gasteiger partial charge on any atom is -0.445 e. The molecule has 0 saturated carbocycles. The average Bonchev–Trinajstić information content (AvgIpc) is 2.99. The molecule has 0 atom stereocenters. The van der Waals surface area contributed by atoms with Gasteiger partial charge in [0.1, 0.15) is 0 Å². The van der Waals surface area contributed by atoms with E-state index in [0.29, 0.717) is 21.9 Å². The quantitative estimate of drug-likeness (QED) is 0.727. The molecule has 26 heavy (non-hydrogen) atoms. The summed E-state index contributed by atoms with van der Waals surface area (Å²) in [5, 5.41) is 17.7. The van der Waals surface area contributed by atoms with Gasteiger partial charge in [-0.15, -0.1) is 5.10 Å². The lowest BCUT2D eigenvalue weighted by atomic mass is 10.0. The minimum absolute atomic E-state index is 0.244. The van der Waals surface area contributed by atoms with Gasteiger partial charge in [-0.05, 0) is 49.7 Å². The zero-order chi connectivity index (χ0) is 18.8. The number of halogens is 1. The van der Waals surface area contributed by atoms with Crippen LogP contribution < -0.4 is 5.32 Å². The molecule has 3 aromatic rings. The van der Waals surface area contributed by atoms with Crippen LogP contribution in [0.5, 0.6) is 0 Å². The highest BCUT2D eigenvalue weighted by atomic mass is 35.5. The summed E-state index contributed by atoms with van der Waals surface area (Å²) in [5.41, 5.74) is 2.71. The number of carbonyl (C=O) groups is 1. The van der Waals surface area contributed by atoms with Crippen molar-refractivity contribution in [2.24, 2.45) is 0 Å². The summed E-state index contributed by atoms with van der Waals surface area (Å²) in [4.78, 5) is 12.3. The lowest BCUT2D eigenvalue weighted by Crippen LogP contribution is -2.19. The smallest absolute Gasteiger partial charge is 0.435 e. The first kappa shape index (κ1) is 17.8. The molecule has 0 unspecified atom stereocenters. The highest BCUT2D eigenvalue weighted by Crippen LogP contribution is 2.33.